The van der Waals surface area contributed by atoms with Crippen molar-refractivity contribution in [3.05, 3.63) is 70.7 Å². The third-order valence-corrected chi connectivity index (χ3v) is 3.94. The maximum absolute atomic E-state index is 14.2. The number of nitrogens with zero attached hydrogens (tertiary/aromatic N) is 2. The number of ether oxygens (including phenoxy) is 1. The lowest BCUT2D eigenvalue weighted by atomic mass is 10.0. The summed E-state index contributed by atoms with van der Waals surface area (Å²) in [5, 5.41) is 3.96. The number of halogens is 2. The molecule has 0 unspecified atom stereocenters. The standard InChI is InChI=1S/C19H14ClFN2O3/c1-25-19(24)17-15(10-11-22-12-6-3-2-4-7-12)26-23-18(17)16-13(20)8-5-9-14(16)21/h2-9,11H,10H2,1H3. The Labute approximate surface area is 154 Å². The highest BCUT2D eigenvalue weighted by molar-refractivity contribution is 6.33. The molecule has 0 atom stereocenters. The normalized spacial score (nSPS) is 11.0. The minimum atomic E-state index is -0.691. The van der Waals surface area contributed by atoms with E-state index >= 15 is 0 Å². The highest BCUT2D eigenvalue weighted by atomic mass is 35.5. The van der Waals surface area contributed by atoms with Gasteiger partial charge in [-0.1, -0.05) is 41.0 Å². The van der Waals surface area contributed by atoms with Crippen molar-refractivity contribution in [2.45, 2.75) is 6.42 Å². The maximum Gasteiger partial charge on any atom is 0.343 e. The largest absolute Gasteiger partial charge is 0.465 e. The van der Waals surface area contributed by atoms with E-state index in [4.69, 9.17) is 20.9 Å². The van der Waals surface area contributed by atoms with E-state index in [0.29, 0.717) is 0 Å². The van der Waals surface area contributed by atoms with Crippen LogP contribution in [-0.2, 0) is 11.2 Å². The SMILES string of the molecule is COC(=O)c1c(-c2c(F)cccc2Cl)noc1CC=Nc1ccccc1. The summed E-state index contributed by atoms with van der Waals surface area (Å²) in [4.78, 5) is 16.5. The zero-order valence-corrected chi connectivity index (χ0v) is 14.5. The quantitative estimate of drug-likeness (QED) is 0.473. The molecule has 132 valence electrons. The molecule has 5 nitrogen and oxygen atoms in total. The Morgan fingerprint density at radius 2 is 2.04 bits per heavy atom. The predicted octanol–water partition coefficient (Wildman–Crippen LogP) is 4.87. The summed E-state index contributed by atoms with van der Waals surface area (Å²) in [5.74, 6) is -1.09. The van der Waals surface area contributed by atoms with Gasteiger partial charge in [-0.25, -0.2) is 9.18 Å². The number of rotatable bonds is 5. The zero-order valence-electron chi connectivity index (χ0n) is 13.8. The smallest absolute Gasteiger partial charge is 0.343 e. The minimum absolute atomic E-state index is 0.00283. The number of benzene rings is 2. The van der Waals surface area contributed by atoms with Gasteiger partial charge in [0.1, 0.15) is 17.1 Å². The van der Waals surface area contributed by atoms with E-state index in [9.17, 15) is 9.18 Å². The maximum atomic E-state index is 14.2. The first-order valence-electron chi connectivity index (χ1n) is 7.70. The van der Waals surface area contributed by atoms with Crippen LogP contribution in [0.25, 0.3) is 11.3 Å². The highest BCUT2D eigenvalue weighted by Crippen LogP contribution is 2.34. The van der Waals surface area contributed by atoms with Crippen LogP contribution in [-0.4, -0.2) is 24.5 Å². The number of carbonyl (C=O) groups is 1. The van der Waals surface area contributed by atoms with Gasteiger partial charge in [0.15, 0.2) is 5.76 Å². The van der Waals surface area contributed by atoms with Gasteiger partial charge in [0.2, 0.25) is 0 Å². The molecule has 7 heteroatoms. The van der Waals surface area contributed by atoms with Crippen molar-refractivity contribution < 1.29 is 18.4 Å². The van der Waals surface area contributed by atoms with E-state index in [1.807, 2.05) is 30.3 Å². The van der Waals surface area contributed by atoms with Gasteiger partial charge in [-0.15, -0.1) is 0 Å². The number of carbonyl (C=O) groups excluding carboxylic acids is 1. The third-order valence-electron chi connectivity index (χ3n) is 3.63. The highest BCUT2D eigenvalue weighted by Gasteiger charge is 2.27. The van der Waals surface area contributed by atoms with Gasteiger partial charge in [0.25, 0.3) is 0 Å². The molecule has 0 aliphatic heterocycles. The summed E-state index contributed by atoms with van der Waals surface area (Å²) in [6.07, 6.45) is 1.76. The Hall–Kier alpha value is -2.99. The number of para-hydroxylation sites is 1. The first-order valence-corrected chi connectivity index (χ1v) is 8.08. The van der Waals surface area contributed by atoms with Crippen molar-refractivity contribution in [1.82, 2.24) is 5.16 Å². The van der Waals surface area contributed by atoms with Crippen LogP contribution < -0.4 is 0 Å². The number of methoxy groups -OCH3 is 1. The Bertz CT molecular complexity index is 934. The number of aromatic nitrogens is 1. The Kier molecular flexibility index (Phi) is 5.43. The molecule has 0 aliphatic rings. The fourth-order valence-corrected chi connectivity index (χ4v) is 2.67. The summed E-state index contributed by atoms with van der Waals surface area (Å²) in [6, 6.07) is 13.5. The van der Waals surface area contributed by atoms with Crippen LogP contribution in [0.3, 0.4) is 0 Å². The second kappa shape index (κ2) is 7.93. The lowest BCUT2D eigenvalue weighted by molar-refractivity contribution is 0.0599. The van der Waals surface area contributed by atoms with Gasteiger partial charge >= 0.3 is 5.97 Å². The monoisotopic (exact) mass is 372 g/mol. The second-order valence-corrected chi connectivity index (χ2v) is 5.68. The number of hydrogen-bond donors (Lipinski definition) is 0. The molecular formula is C19H14ClFN2O3. The Balaban J connectivity index is 1.98. The van der Waals surface area contributed by atoms with Crippen molar-refractivity contribution in [3.8, 4) is 11.3 Å². The molecule has 3 rings (SSSR count). The summed E-state index contributed by atoms with van der Waals surface area (Å²) < 4.78 is 24.3. The number of hydrogen-bond acceptors (Lipinski definition) is 5. The molecule has 0 spiro atoms. The van der Waals surface area contributed by atoms with Crippen LogP contribution in [0.15, 0.2) is 58.0 Å². The molecule has 0 bridgehead atoms. The van der Waals surface area contributed by atoms with E-state index in [1.54, 1.807) is 6.21 Å². The van der Waals surface area contributed by atoms with E-state index in [1.165, 1.54) is 25.3 Å². The Morgan fingerprint density at radius 3 is 2.73 bits per heavy atom. The fourth-order valence-electron chi connectivity index (χ4n) is 2.42. The fraction of sp³-hybridized carbons (Fsp3) is 0.105. The molecule has 0 N–H and O–H groups in total. The summed E-state index contributed by atoms with van der Waals surface area (Å²) >= 11 is 6.08. The average molecular weight is 373 g/mol. The van der Waals surface area contributed by atoms with Gasteiger partial charge in [-0.3, -0.25) is 4.99 Å². The molecule has 1 aromatic heterocycles. The van der Waals surface area contributed by atoms with Crippen molar-refractivity contribution in [3.63, 3.8) is 0 Å². The van der Waals surface area contributed by atoms with Crippen LogP contribution in [0, 0.1) is 5.82 Å². The van der Waals surface area contributed by atoms with Gasteiger partial charge < -0.3 is 9.26 Å². The molecule has 0 aliphatic carbocycles. The Morgan fingerprint density at radius 1 is 1.27 bits per heavy atom. The van der Waals surface area contributed by atoms with Crippen molar-refractivity contribution >= 4 is 29.5 Å². The molecule has 0 saturated heterocycles. The average Bonchev–Trinajstić information content (AvgIpc) is 3.05. The summed E-state index contributed by atoms with van der Waals surface area (Å²) in [6.45, 7) is 0. The van der Waals surface area contributed by atoms with Crippen molar-refractivity contribution in [1.29, 1.82) is 0 Å². The summed E-state index contributed by atoms with van der Waals surface area (Å²) in [5.41, 5.74) is 0.774. The van der Waals surface area contributed by atoms with E-state index < -0.39 is 11.8 Å². The lowest BCUT2D eigenvalue weighted by Crippen LogP contribution is -2.06. The third kappa shape index (κ3) is 3.65. The van der Waals surface area contributed by atoms with Gasteiger partial charge in [0.05, 0.1) is 23.4 Å². The second-order valence-electron chi connectivity index (χ2n) is 5.27. The molecule has 0 radical (unpaired) electrons. The molecule has 26 heavy (non-hydrogen) atoms. The van der Waals surface area contributed by atoms with Gasteiger partial charge in [-0.05, 0) is 24.3 Å². The summed E-state index contributed by atoms with van der Waals surface area (Å²) in [7, 11) is 1.23. The van der Waals surface area contributed by atoms with E-state index in [2.05, 4.69) is 10.1 Å². The number of esters is 1. The first kappa shape index (κ1) is 17.8. The lowest BCUT2D eigenvalue weighted by Gasteiger charge is -2.04. The molecule has 0 amide bonds. The molecule has 0 fully saturated rings. The first-order chi connectivity index (χ1) is 12.6. The molecule has 2 aromatic carbocycles. The number of aliphatic imine (C=N–C) groups is 1. The van der Waals surface area contributed by atoms with Crippen molar-refractivity contribution in [2.75, 3.05) is 7.11 Å². The molecule has 0 saturated carbocycles. The van der Waals surface area contributed by atoms with Crippen molar-refractivity contribution in [2.24, 2.45) is 4.99 Å². The van der Waals surface area contributed by atoms with E-state index in [0.717, 1.165) is 5.69 Å². The molecule has 3 aromatic rings. The van der Waals surface area contributed by atoms with Crippen LogP contribution in [0.2, 0.25) is 5.02 Å². The minimum Gasteiger partial charge on any atom is -0.465 e. The van der Waals surface area contributed by atoms with Crippen LogP contribution in [0.5, 0.6) is 0 Å². The van der Waals surface area contributed by atoms with Crippen LogP contribution in [0.4, 0.5) is 10.1 Å². The predicted molar refractivity (Wildman–Crippen MR) is 96.5 cm³/mol. The van der Waals surface area contributed by atoms with Crippen LogP contribution >= 0.6 is 11.6 Å². The van der Waals surface area contributed by atoms with Gasteiger partial charge in [-0.2, -0.15) is 0 Å². The molecule has 1 heterocycles. The topological polar surface area (TPSA) is 64.7 Å². The zero-order chi connectivity index (χ0) is 18.5. The van der Waals surface area contributed by atoms with Gasteiger partial charge in [0, 0.05) is 12.6 Å². The molecular weight excluding hydrogens is 359 g/mol. The van der Waals surface area contributed by atoms with E-state index in [-0.39, 0.29) is 34.0 Å². The van der Waals surface area contributed by atoms with Crippen LogP contribution in [0.1, 0.15) is 16.1 Å².